The predicted molar refractivity (Wildman–Crippen MR) is 89.9 cm³/mol. The number of primary amides is 1. The van der Waals surface area contributed by atoms with E-state index in [1.807, 2.05) is 24.3 Å². The fourth-order valence-electron chi connectivity index (χ4n) is 2.50. The van der Waals surface area contributed by atoms with E-state index in [4.69, 9.17) is 5.73 Å². The summed E-state index contributed by atoms with van der Waals surface area (Å²) >= 11 is 0. The third-order valence-electron chi connectivity index (χ3n) is 3.88. The summed E-state index contributed by atoms with van der Waals surface area (Å²) in [5.41, 5.74) is 7.95. The third kappa shape index (κ3) is 5.16. The second-order valence-electron chi connectivity index (χ2n) is 5.68. The average Bonchev–Trinajstić information content (AvgIpc) is 2.59. The minimum atomic E-state index is -0.408. The Bertz CT molecular complexity index is 614. The molecular formula is C18H23N3O2. The van der Waals surface area contributed by atoms with E-state index in [0.717, 1.165) is 24.0 Å². The van der Waals surface area contributed by atoms with Crippen molar-refractivity contribution >= 4 is 5.91 Å². The number of hydrogen-bond acceptors (Lipinski definition) is 4. The Morgan fingerprint density at radius 1 is 1.22 bits per heavy atom. The zero-order chi connectivity index (χ0) is 16.7. The number of carbonyl (C=O) groups excluding carboxylic acids is 1. The molecule has 2 aromatic rings. The highest BCUT2D eigenvalue weighted by atomic mass is 16.3. The molecule has 0 aliphatic carbocycles. The van der Waals surface area contributed by atoms with Crippen molar-refractivity contribution < 1.29 is 9.90 Å². The van der Waals surface area contributed by atoms with Crippen molar-refractivity contribution in [2.45, 2.75) is 31.8 Å². The van der Waals surface area contributed by atoms with Gasteiger partial charge in [-0.2, -0.15) is 0 Å². The Morgan fingerprint density at radius 2 is 1.87 bits per heavy atom. The fourth-order valence-corrected chi connectivity index (χ4v) is 2.50. The first kappa shape index (κ1) is 17.1. The molecule has 0 aliphatic rings. The van der Waals surface area contributed by atoms with Crippen LogP contribution in [0.4, 0.5) is 0 Å². The lowest BCUT2D eigenvalue weighted by molar-refractivity contribution is 0.100. The van der Waals surface area contributed by atoms with Gasteiger partial charge in [-0.3, -0.25) is 9.78 Å². The van der Waals surface area contributed by atoms with Gasteiger partial charge in [0.05, 0.1) is 12.6 Å². The molecule has 1 aromatic heterocycles. The number of hydrogen-bond donors (Lipinski definition) is 3. The minimum absolute atomic E-state index is 0.0433. The maximum atomic E-state index is 11.1. The predicted octanol–water partition coefficient (Wildman–Crippen LogP) is 1.82. The van der Waals surface area contributed by atoms with Crippen LogP contribution in [-0.4, -0.2) is 28.6 Å². The molecule has 1 heterocycles. The summed E-state index contributed by atoms with van der Waals surface area (Å²) in [5.74, 6) is -0.408. The van der Waals surface area contributed by atoms with E-state index < -0.39 is 5.91 Å². The number of nitrogens with two attached hydrogens (primary N) is 1. The lowest BCUT2D eigenvalue weighted by atomic mass is 10.0. The molecule has 1 aromatic carbocycles. The summed E-state index contributed by atoms with van der Waals surface area (Å²) in [6.45, 7) is 2.14. The Labute approximate surface area is 136 Å². The van der Waals surface area contributed by atoms with Gasteiger partial charge in [0.1, 0.15) is 0 Å². The molecule has 0 saturated carbocycles. The molecule has 0 radical (unpaired) electrons. The van der Waals surface area contributed by atoms with Crippen LogP contribution in [0.1, 0.15) is 40.9 Å². The number of aromatic nitrogens is 1. The molecule has 1 amide bonds. The topological polar surface area (TPSA) is 88.2 Å². The van der Waals surface area contributed by atoms with Gasteiger partial charge in [-0.1, -0.05) is 12.1 Å². The number of aryl methyl sites for hydroxylation is 1. The van der Waals surface area contributed by atoms with E-state index in [1.54, 1.807) is 24.5 Å². The highest BCUT2D eigenvalue weighted by molar-refractivity contribution is 5.92. The van der Waals surface area contributed by atoms with E-state index in [-0.39, 0.29) is 18.7 Å². The molecule has 0 bridgehead atoms. The highest BCUT2D eigenvalue weighted by Gasteiger charge is 2.13. The van der Waals surface area contributed by atoms with Crippen molar-refractivity contribution in [2.75, 3.05) is 6.61 Å². The van der Waals surface area contributed by atoms with Gasteiger partial charge in [0.2, 0.25) is 5.91 Å². The maximum Gasteiger partial charge on any atom is 0.248 e. The molecule has 0 aliphatic heterocycles. The van der Waals surface area contributed by atoms with E-state index >= 15 is 0 Å². The third-order valence-corrected chi connectivity index (χ3v) is 3.88. The van der Waals surface area contributed by atoms with Crippen LogP contribution in [0.15, 0.2) is 48.8 Å². The van der Waals surface area contributed by atoms with Crippen LogP contribution in [0.25, 0.3) is 0 Å². The molecule has 122 valence electrons. The number of rotatable bonds is 8. The minimum Gasteiger partial charge on any atom is -0.394 e. The summed E-state index contributed by atoms with van der Waals surface area (Å²) in [6, 6.07) is 11.3. The normalized spacial score (nSPS) is 13.5. The highest BCUT2D eigenvalue weighted by Crippen LogP contribution is 2.14. The van der Waals surface area contributed by atoms with Crippen LogP contribution < -0.4 is 11.1 Å². The Kier molecular flexibility index (Phi) is 6.26. The molecule has 0 fully saturated rings. The molecule has 4 N–H and O–H groups in total. The first-order chi connectivity index (χ1) is 11.1. The second kappa shape index (κ2) is 8.41. The Balaban J connectivity index is 1.86. The van der Waals surface area contributed by atoms with Gasteiger partial charge in [-0.05, 0) is 55.2 Å². The second-order valence-corrected chi connectivity index (χ2v) is 5.68. The molecule has 2 atom stereocenters. The molecule has 0 saturated heterocycles. The van der Waals surface area contributed by atoms with Crippen molar-refractivity contribution in [3.8, 4) is 0 Å². The van der Waals surface area contributed by atoms with E-state index in [2.05, 4.69) is 17.2 Å². The van der Waals surface area contributed by atoms with Crippen LogP contribution in [0, 0.1) is 0 Å². The van der Waals surface area contributed by atoms with Crippen LogP contribution in [0.2, 0.25) is 0 Å². The zero-order valence-corrected chi connectivity index (χ0v) is 13.3. The summed E-state index contributed by atoms with van der Waals surface area (Å²) in [4.78, 5) is 15.0. The van der Waals surface area contributed by atoms with Crippen LogP contribution in [-0.2, 0) is 6.42 Å². The van der Waals surface area contributed by atoms with Crippen LogP contribution in [0.3, 0.4) is 0 Å². The van der Waals surface area contributed by atoms with Crippen molar-refractivity contribution in [3.05, 3.63) is 65.5 Å². The number of nitrogens with zero attached hydrogens (tertiary/aromatic N) is 1. The standard InChI is InChI=1S/C18H23N3O2/c1-13(21-17(12-22)15-8-10-20-11-9-15)2-3-14-4-6-16(7-5-14)18(19)23/h4-11,13,17,21-22H,2-3,12H2,1H3,(H2,19,23)/t13-,17?/m1/s1. The van der Waals surface area contributed by atoms with Gasteiger partial charge in [0.15, 0.2) is 0 Å². The number of benzene rings is 1. The molecule has 23 heavy (non-hydrogen) atoms. The van der Waals surface area contributed by atoms with Crippen LogP contribution in [0.5, 0.6) is 0 Å². The van der Waals surface area contributed by atoms with Crippen molar-refractivity contribution in [1.82, 2.24) is 10.3 Å². The lowest BCUT2D eigenvalue weighted by Gasteiger charge is -2.22. The molecular weight excluding hydrogens is 290 g/mol. The number of aliphatic hydroxyl groups is 1. The van der Waals surface area contributed by atoms with Crippen molar-refractivity contribution in [2.24, 2.45) is 5.73 Å². The Morgan fingerprint density at radius 3 is 2.43 bits per heavy atom. The summed E-state index contributed by atoms with van der Waals surface area (Å²) in [6.07, 6.45) is 5.27. The number of pyridine rings is 1. The van der Waals surface area contributed by atoms with E-state index in [1.165, 1.54) is 0 Å². The first-order valence-electron chi connectivity index (χ1n) is 7.75. The monoisotopic (exact) mass is 313 g/mol. The Hall–Kier alpha value is -2.24. The zero-order valence-electron chi connectivity index (χ0n) is 13.3. The SMILES string of the molecule is C[C@H](CCc1ccc(C(N)=O)cc1)NC(CO)c1ccncc1. The first-order valence-corrected chi connectivity index (χ1v) is 7.75. The molecule has 0 spiro atoms. The van der Waals surface area contributed by atoms with Gasteiger partial charge >= 0.3 is 0 Å². The largest absolute Gasteiger partial charge is 0.394 e. The smallest absolute Gasteiger partial charge is 0.248 e. The lowest BCUT2D eigenvalue weighted by Crippen LogP contribution is -2.33. The number of aliphatic hydroxyl groups excluding tert-OH is 1. The molecule has 2 rings (SSSR count). The van der Waals surface area contributed by atoms with Gasteiger partial charge < -0.3 is 16.2 Å². The van der Waals surface area contributed by atoms with Crippen LogP contribution >= 0.6 is 0 Å². The molecule has 5 heteroatoms. The fraction of sp³-hybridized carbons (Fsp3) is 0.333. The quantitative estimate of drug-likeness (QED) is 0.693. The van der Waals surface area contributed by atoms with Gasteiger partial charge in [-0.25, -0.2) is 0 Å². The van der Waals surface area contributed by atoms with Gasteiger partial charge in [0, 0.05) is 24.0 Å². The maximum absolute atomic E-state index is 11.1. The summed E-state index contributed by atoms with van der Waals surface area (Å²) < 4.78 is 0. The summed E-state index contributed by atoms with van der Waals surface area (Å²) in [5, 5.41) is 13.0. The molecule has 5 nitrogen and oxygen atoms in total. The number of carbonyl (C=O) groups is 1. The van der Waals surface area contributed by atoms with Gasteiger partial charge in [-0.15, -0.1) is 0 Å². The van der Waals surface area contributed by atoms with E-state index in [9.17, 15) is 9.90 Å². The average molecular weight is 313 g/mol. The molecule has 1 unspecified atom stereocenters. The van der Waals surface area contributed by atoms with Gasteiger partial charge in [0.25, 0.3) is 0 Å². The van der Waals surface area contributed by atoms with Crippen molar-refractivity contribution in [3.63, 3.8) is 0 Å². The van der Waals surface area contributed by atoms with E-state index in [0.29, 0.717) is 5.56 Å². The summed E-state index contributed by atoms with van der Waals surface area (Å²) in [7, 11) is 0. The number of amides is 1. The number of nitrogens with one attached hydrogen (secondary N) is 1. The van der Waals surface area contributed by atoms with Crippen molar-refractivity contribution in [1.29, 1.82) is 0 Å².